The second-order valence-electron chi connectivity index (χ2n) is 6.43. The quantitative estimate of drug-likeness (QED) is 0.759. The lowest BCUT2D eigenvalue weighted by Crippen LogP contribution is -2.48. The van der Waals surface area contributed by atoms with Crippen molar-refractivity contribution in [2.75, 3.05) is 49.3 Å². The summed E-state index contributed by atoms with van der Waals surface area (Å²) < 4.78 is 25.3. The molecular formula is C18H25N3O3S. The summed E-state index contributed by atoms with van der Waals surface area (Å²) in [5, 5.41) is 0. The highest BCUT2D eigenvalue weighted by atomic mass is 32.2. The van der Waals surface area contributed by atoms with Gasteiger partial charge >= 0.3 is 0 Å². The fraction of sp³-hybridized carbons (Fsp3) is 0.500. The Bertz CT molecular complexity index is 735. The molecule has 2 heterocycles. The molecular weight excluding hydrogens is 338 g/mol. The number of piperazine rings is 1. The van der Waals surface area contributed by atoms with E-state index < -0.39 is 10.0 Å². The number of hydrogen-bond acceptors (Lipinski definition) is 4. The van der Waals surface area contributed by atoms with Gasteiger partial charge in [-0.25, -0.2) is 8.42 Å². The molecule has 0 unspecified atom stereocenters. The van der Waals surface area contributed by atoms with Gasteiger partial charge in [-0.3, -0.25) is 9.10 Å². The minimum absolute atomic E-state index is 0.0296. The van der Waals surface area contributed by atoms with E-state index in [-0.39, 0.29) is 11.7 Å². The van der Waals surface area contributed by atoms with Crippen LogP contribution in [0, 0.1) is 0 Å². The number of hydrogen-bond donors (Lipinski definition) is 0. The molecule has 0 aromatic heterocycles. The Morgan fingerprint density at radius 3 is 2.32 bits per heavy atom. The summed E-state index contributed by atoms with van der Waals surface area (Å²) in [6.07, 6.45) is 4.06. The molecule has 2 aliphatic rings. The van der Waals surface area contributed by atoms with Crippen LogP contribution in [0.1, 0.15) is 18.9 Å². The first-order valence-electron chi connectivity index (χ1n) is 8.79. The smallest absolute Gasteiger partial charge is 0.246 e. The molecule has 0 atom stereocenters. The van der Waals surface area contributed by atoms with Crippen LogP contribution in [-0.4, -0.2) is 69.1 Å². The number of rotatable bonds is 4. The highest BCUT2D eigenvalue weighted by molar-refractivity contribution is 7.93. The van der Waals surface area contributed by atoms with Gasteiger partial charge in [0, 0.05) is 38.8 Å². The highest BCUT2D eigenvalue weighted by Crippen LogP contribution is 2.24. The van der Waals surface area contributed by atoms with Crippen molar-refractivity contribution in [2.45, 2.75) is 13.3 Å². The SMILES string of the molecule is CCN1CCN(C(=O)/C=C/c2ccc(N3CCCS3(=O)=O)cc2)CC1. The van der Waals surface area contributed by atoms with Gasteiger partial charge in [-0.05, 0) is 36.7 Å². The third-order valence-electron chi connectivity index (χ3n) is 4.83. The topological polar surface area (TPSA) is 60.9 Å². The van der Waals surface area contributed by atoms with Crippen LogP contribution in [0.2, 0.25) is 0 Å². The van der Waals surface area contributed by atoms with Crippen LogP contribution in [0.5, 0.6) is 0 Å². The van der Waals surface area contributed by atoms with E-state index in [0.717, 1.165) is 38.3 Å². The monoisotopic (exact) mass is 363 g/mol. The predicted octanol–water partition coefficient (Wildman–Crippen LogP) is 1.40. The first-order valence-corrected chi connectivity index (χ1v) is 10.4. The minimum Gasteiger partial charge on any atom is -0.337 e. The molecule has 0 saturated carbocycles. The number of amides is 1. The maximum absolute atomic E-state index is 12.3. The van der Waals surface area contributed by atoms with Crippen LogP contribution in [-0.2, 0) is 14.8 Å². The van der Waals surface area contributed by atoms with Crippen LogP contribution in [0.3, 0.4) is 0 Å². The third-order valence-corrected chi connectivity index (χ3v) is 6.70. The largest absolute Gasteiger partial charge is 0.337 e. The average molecular weight is 363 g/mol. The molecule has 1 aromatic rings. The number of benzene rings is 1. The zero-order valence-corrected chi connectivity index (χ0v) is 15.4. The van der Waals surface area contributed by atoms with Crippen LogP contribution >= 0.6 is 0 Å². The van der Waals surface area contributed by atoms with Crippen molar-refractivity contribution in [3.05, 3.63) is 35.9 Å². The van der Waals surface area contributed by atoms with Gasteiger partial charge in [0.1, 0.15) is 0 Å². The van der Waals surface area contributed by atoms with Crippen molar-refractivity contribution >= 4 is 27.7 Å². The Labute approximate surface area is 149 Å². The molecule has 1 amide bonds. The van der Waals surface area contributed by atoms with E-state index in [4.69, 9.17) is 0 Å². The number of sulfonamides is 1. The molecule has 2 fully saturated rings. The Morgan fingerprint density at radius 1 is 1.08 bits per heavy atom. The zero-order chi connectivity index (χ0) is 17.9. The van der Waals surface area contributed by atoms with E-state index in [0.29, 0.717) is 18.7 Å². The Balaban J connectivity index is 1.60. The fourth-order valence-corrected chi connectivity index (χ4v) is 4.80. The summed E-state index contributed by atoms with van der Waals surface area (Å²) >= 11 is 0. The van der Waals surface area contributed by atoms with E-state index in [9.17, 15) is 13.2 Å². The molecule has 25 heavy (non-hydrogen) atoms. The fourth-order valence-electron chi connectivity index (χ4n) is 3.24. The summed E-state index contributed by atoms with van der Waals surface area (Å²) in [7, 11) is -3.15. The van der Waals surface area contributed by atoms with Gasteiger partial charge in [-0.2, -0.15) is 0 Å². The van der Waals surface area contributed by atoms with Gasteiger partial charge in [0.2, 0.25) is 15.9 Å². The maximum Gasteiger partial charge on any atom is 0.246 e. The maximum atomic E-state index is 12.3. The Morgan fingerprint density at radius 2 is 1.76 bits per heavy atom. The van der Waals surface area contributed by atoms with Crippen molar-refractivity contribution in [3.8, 4) is 0 Å². The Kier molecular flexibility index (Phi) is 5.44. The predicted molar refractivity (Wildman–Crippen MR) is 99.9 cm³/mol. The van der Waals surface area contributed by atoms with Gasteiger partial charge in [-0.1, -0.05) is 19.1 Å². The van der Waals surface area contributed by atoms with Crippen LogP contribution in [0.4, 0.5) is 5.69 Å². The van der Waals surface area contributed by atoms with Crippen LogP contribution in [0.15, 0.2) is 30.3 Å². The van der Waals surface area contributed by atoms with E-state index in [2.05, 4.69) is 11.8 Å². The van der Waals surface area contributed by atoms with Gasteiger partial charge in [0.15, 0.2) is 0 Å². The molecule has 0 radical (unpaired) electrons. The van der Waals surface area contributed by atoms with Crippen LogP contribution < -0.4 is 4.31 Å². The average Bonchev–Trinajstić information content (AvgIpc) is 2.99. The summed E-state index contributed by atoms with van der Waals surface area (Å²) in [5.74, 6) is 0.246. The molecule has 3 rings (SSSR count). The first-order chi connectivity index (χ1) is 12.0. The molecule has 6 nitrogen and oxygen atoms in total. The number of carbonyl (C=O) groups is 1. The van der Waals surface area contributed by atoms with Gasteiger partial charge in [-0.15, -0.1) is 0 Å². The molecule has 7 heteroatoms. The molecule has 0 bridgehead atoms. The summed E-state index contributed by atoms with van der Waals surface area (Å²) in [6, 6.07) is 7.30. The van der Waals surface area contributed by atoms with Gasteiger partial charge < -0.3 is 9.80 Å². The normalized spacial score (nSPS) is 21.2. The van der Waals surface area contributed by atoms with Crippen molar-refractivity contribution < 1.29 is 13.2 Å². The highest BCUT2D eigenvalue weighted by Gasteiger charge is 2.28. The first kappa shape index (κ1) is 17.9. The Hall–Kier alpha value is -1.86. The lowest BCUT2D eigenvalue weighted by Gasteiger charge is -2.33. The van der Waals surface area contributed by atoms with E-state index in [1.54, 1.807) is 24.3 Å². The van der Waals surface area contributed by atoms with Crippen molar-refractivity contribution in [1.29, 1.82) is 0 Å². The van der Waals surface area contributed by atoms with E-state index in [1.807, 2.05) is 17.0 Å². The number of nitrogens with zero attached hydrogens (tertiary/aromatic N) is 3. The molecule has 0 N–H and O–H groups in total. The second kappa shape index (κ2) is 7.58. The molecule has 0 spiro atoms. The summed E-state index contributed by atoms with van der Waals surface area (Å²) in [6.45, 7) is 7.08. The number of anilines is 1. The molecule has 136 valence electrons. The summed E-state index contributed by atoms with van der Waals surface area (Å²) in [5.41, 5.74) is 1.58. The molecule has 2 saturated heterocycles. The van der Waals surface area contributed by atoms with Gasteiger partial charge in [0.05, 0.1) is 11.4 Å². The third kappa shape index (κ3) is 4.22. The number of carbonyl (C=O) groups excluding carboxylic acids is 1. The van der Waals surface area contributed by atoms with Crippen molar-refractivity contribution in [3.63, 3.8) is 0 Å². The van der Waals surface area contributed by atoms with E-state index in [1.165, 1.54) is 4.31 Å². The zero-order valence-electron chi connectivity index (χ0n) is 14.6. The van der Waals surface area contributed by atoms with Crippen LogP contribution in [0.25, 0.3) is 6.08 Å². The lowest BCUT2D eigenvalue weighted by atomic mass is 10.2. The molecule has 0 aliphatic carbocycles. The standard InChI is InChI=1S/C18H25N3O3S/c1-2-19-11-13-20(14-12-19)18(22)9-6-16-4-7-17(8-5-16)21-10-3-15-25(21,23)24/h4-9H,2-3,10-15H2,1H3/b9-6+. The van der Waals surface area contributed by atoms with Crippen molar-refractivity contribution in [1.82, 2.24) is 9.80 Å². The molecule has 1 aromatic carbocycles. The lowest BCUT2D eigenvalue weighted by molar-refractivity contribution is -0.127. The summed E-state index contributed by atoms with van der Waals surface area (Å²) in [4.78, 5) is 16.5. The minimum atomic E-state index is -3.15. The van der Waals surface area contributed by atoms with E-state index >= 15 is 0 Å². The molecule has 2 aliphatic heterocycles. The second-order valence-corrected chi connectivity index (χ2v) is 8.44. The van der Waals surface area contributed by atoms with Crippen molar-refractivity contribution in [2.24, 2.45) is 0 Å². The number of likely N-dealkylation sites (N-methyl/N-ethyl adjacent to an activating group) is 1. The van der Waals surface area contributed by atoms with Gasteiger partial charge in [0.25, 0.3) is 0 Å².